The lowest BCUT2D eigenvalue weighted by molar-refractivity contribution is -0.133. The van der Waals surface area contributed by atoms with Gasteiger partial charge in [0.1, 0.15) is 0 Å². The summed E-state index contributed by atoms with van der Waals surface area (Å²) in [4.78, 5) is 26.9. The van der Waals surface area contributed by atoms with Gasteiger partial charge in [0, 0.05) is 24.5 Å². The average molecular weight is 335 g/mol. The highest BCUT2D eigenvalue weighted by molar-refractivity contribution is 6.06. The summed E-state index contributed by atoms with van der Waals surface area (Å²) in [5, 5.41) is 6.15. The lowest BCUT2D eigenvalue weighted by atomic mass is 9.73. The molecular formula is C20H21N3O2. The SMILES string of the molecule is O=C(CNc1ccccc1)N1CCC2(CC1)C(=O)Nc1ccccc12. The zero-order valence-electron chi connectivity index (χ0n) is 14.0. The molecule has 2 aromatic rings. The molecule has 2 aromatic carbocycles. The van der Waals surface area contributed by atoms with Crippen LogP contribution >= 0.6 is 0 Å². The number of para-hydroxylation sites is 2. The van der Waals surface area contributed by atoms with Crippen molar-refractivity contribution in [1.82, 2.24) is 4.90 Å². The van der Waals surface area contributed by atoms with Gasteiger partial charge in [-0.25, -0.2) is 0 Å². The van der Waals surface area contributed by atoms with Crippen molar-refractivity contribution in [2.75, 3.05) is 30.3 Å². The van der Waals surface area contributed by atoms with Crippen molar-refractivity contribution >= 4 is 23.2 Å². The van der Waals surface area contributed by atoms with Gasteiger partial charge >= 0.3 is 0 Å². The average Bonchev–Trinajstić information content (AvgIpc) is 2.93. The number of nitrogens with zero attached hydrogens (tertiary/aromatic N) is 1. The molecule has 0 aliphatic carbocycles. The highest BCUT2D eigenvalue weighted by atomic mass is 16.2. The van der Waals surface area contributed by atoms with Crippen LogP contribution in [0.4, 0.5) is 11.4 Å². The number of hydrogen-bond acceptors (Lipinski definition) is 3. The van der Waals surface area contributed by atoms with Crippen molar-refractivity contribution in [3.05, 3.63) is 60.2 Å². The summed E-state index contributed by atoms with van der Waals surface area (Å²) >= 11 is 0. The van der Waals surface area contributed by atoms with Crippen molar-refractivity contribution in [3.8, 4) is 0 Å². The molecule has 4 rings (SSSR count). The molecular weight excluding hydrogens is 314 g/mol. The van der Waals surface area contributed by atoms with Gasteiger partial charge in [-0.15, -0.1) is 0 Å². The molecule has 2 aliphatic heterocycles. The Morgan fingerprint density at radius 3 is 2.48 bits per heavy atom. The zero-order valence-corrected chi connectivity index (χ0v) is 14.0. The summed E-state index contributed by atoms with van der Waals surface area (Å²) in [5.41, 5.74) is 2.46. The molecule has 0 bridgehead atoms. The molecule has 5 heteroatoms. The smallest absolute Gasteiger partial charge is 0.241 e. The Morgan fingerprint density at radius 1 is 1.04 bits per heavy atom. The molecule has 1 spiro atoms. The number of anilines is 2. The summed E-state index contributed by atoms with van der Waals surface area (Å²) < 4.78 is 0. The van der Waals surface area contributed by atoms with Gasteiger partial charge in [-0.2, -0.15) is 0 Å². The van der Waals surface area contributed by atoms with Gasteiger partial charge in [0.25, 0.3) is 0 Å². The standard InChI is InChI=1S/C20H21N3O2/c24-18(14-21-15-6-2-1-3-7-15)23-12-10-20(11-13-23)16-8-4-5-9-17(16)22-19(20)25/h1-9,21H,10-14H2,(H,22,25). The van der Waals surface area contributed by atoms with Crippen LogP contribution in [0.2, 0.25) is 0 Å². The monoisotopic (exact) mass is 335 g/mol. The van der Waals surface area contributed by atoms with E-state index in [2.05, 4.69) is 10.6 Å². The number of amides is 2. The highest BCUT2D eigenvalue weighted by Crippen LogP contribution is 2.44. The van der Waals surface area contributed by atoms with Crippen molar-refractivity contribution in [2.45, 2.75) is 18.3 Å². The maximum atomic E-state index is 12.6. The van der Waals surface area contributed by atoms with Gasteiger partial charge < -0.3 is 15.5 Å². The Morgan fingerprint density at radius 2 is 1.72 bits per heavy atom. The van der Waals surface area contributed by atoms with Crippen LogP contribution in [-0.4, -0.2) is 36.3 Å². The summed E-state index contributed by atoms with van der Waals surface area (Å²) in [6.45, 7) is 1.49. The van der Waals surface area contributed by atoms with Crippen molar-refractivity contribution in [2.24, 2.45) is 0 Å². The van der Waals surface area contributed by atoms with Crippen LogP contribution in [0.25, 0.3) is 0 Å². The van der Waals surface area contributed by atoms with Crippen LogP contribution in [0.1, 0.15) is 18.4 Å². The maximum Gasteiger partial charge on any atom is 0.241 e. The Labute approximate surface area is 147 Å². The number of piperidine rings is 1. The molecule has 5 nitrogen and oxygen atoms in total. The van der Waals surface area contributed by atoms with Crippen LogP contribution in [0.3, 0.4) is 0 Å². The fourth-order valence-electron chi connectivity index (χ4n) is 3.85. The summed E-state index contributed by atoms with van der Waals surface area (Å²) in [6, 6.07) is 17.6. The molecule has 2 amide bonds. The number of hydrogen-bond donors (Lipinski definition) is 2. The molecule has 128 valence electrons. The number of fused-ring (bicyclic) bond motifs is 2. The number of rotatable bonds is 3. The first kappa shape index (κ1) is 15.7. The van der Waals surface area contributed by atoms with Gasteiger partial charge in [0.05, 0.1) is 12.0 Å². The first-order valence-corrected chi connectivity index (χ1v) is 8.67. The summed E-state index contributed by atoms with van der Waals surface area (Å²) in [7, 11) is 0. The number of carbonyl (C=O) groups excluding carboxylic acids is 2. The predicted molar refractivity (Wildman–Crippen MR) is 97.5 cm³/mol. The van der Waals surface area contributed by atoms with E-state index in [4.69, 9.17) is 0 Å². The van der Waals surface area contributed by atoms with Gasteiger partial charge in [-0.3, -0.25) is 9.59 Å². The minimum Gasteiger partial charge on any atom is -0.376 e. The van der Waals surface area contributed by atoms with Gasteiger partial charge in [0.2, 0.25) is 11.8 Å². The minimum atomic E-state index is -0.472. The van der Waals surface area contributed by atoms with E-state index in [1.54, 1.807) is 0 Å². The molecule has 2 aliphatic rings. The normalized spacial score (nSPS) is 17.9. The largest absolute Gasteiger partial charge is 0.376 e. The Kier molecular flexibility index (Phi) is 3.92. The van der Waals surface area contributed by atoms with E-state index < -0.39 is 5.41 Å². The molecule has 25 heavy (non-hydrogen) atoms. The topological polar surface area (TPSA) is 61.4 Å². The quantitative estimate of drug-likeness (QED) is 0.906. The molecule has 2 N–H and O–H groups in total. The molecule has 1 saturated heterocycles. The lowest BCUT2D eigenvalue weighted by Gasteiger charge is -2.38. The number of benzene rings is 2. The van der Waals surface area contributed by atoms with Gasteiger partial charge in [-0.05, 0) is 36.6 Å². The third kappa shape index (κ3) is 2.76. The third-order valence-corrected chi connectivity index (χ3v) is 5.31. The Hall–Kier alpha value is -2.82. The van der Waals surface area contributed by atoms with Crippen LogP contribution < -0.4 is 10.6 Å². The van der Waals surface area contributed by atoms with E-state index in [-0.39, 0.29) is 18.4 Å². The summed E-state index contributed by atoms with van der Waals surface area (Å²) in [6.07, 6.45) is 1.35. The number of nitrogens with one attached hydrogen (secondary N) is 2. The van der Waals surface area contributed by atoms with Crippen LogP contribution in [0, 0.1) is 0 Å². The number of carbonyl (C=O) groups is 2. The Balaban J connectivity index is 1.40. The van der Waals surface area contributed by atoms with E-state index in [0.29, 0.717) is 25.9 Å². The van der Waals surface area contributed by atoms with Crippen LogP contribution in [0.15, 0.2) is 54.6 Å². The first-order valence-electron chi connectivity index (χ1n) is 8.67. The first-order chi connectivity index (χ1) is 12.2. The Bertz CT molecular complexity index is 796. The minimum absolute atomic E-state index is 0.0724. The second-order valence-corrected chi connectivity index (χ2v) is 6.68. The number of likely N-dealkylation sites (tertiary alicyclic amines) is 1. The van der Waals surface area contributed by atoms with E-state index in [9.17, 15) is 9.59 Å². The van der Waals surface area contributed by atoms with Crippen molar-refractivity contribution in [3.63, 3.8) is 0 Å². The molecule has 0 unspecified atom stereocenters. The molecule has 0 radical (unpaired) electrons. The van der Waals surface area contributed by atoms with E-state index in [0.717, 1.165) is 16.9 Å². The molecule has 1 fully saturated rings. The third-order valence-electron chi connectivity index (χ3n) is 5.31. The molecule has 2 heterocycles. The van der Waals surface area contributed by atoms with E-state index in [1.165, 1.54) is 0 Å². The molecule has 0 saturated carbocycles. The van der Waals surface area contributed by atoms with E-state index in [1.807, 2.05) is 59.5 Å². The van der Waals surface area contributed by atoms with Crippen LogP contribution in [0.5, 0.6) is 0 Å². The zero-order chi connectivity index (χ0) is 17.3. The van der Waals surface area contributed by atoms with Crippen molar-refractivity contribution in [1.29, 1.82) is 0 Å². The predicted octanol–water partition coefficient (Wildman–Crippen LogP) is 2.61. The fraction of sp³-hybridized carbons (Fsp3) is 0.300. The summed E-state index contributed by atoms with van der Waals surface area (Å²) in [5.74, 6) is 0.147. The van der Waals surface area contributed by atoms with Crippen LogP contribution in [-0.2, 0) is 15.0 Å². The van der Waals surface area contributed by atoms with Gasteiger partial charge in [0.15, 0.2) is 0 Å². The van der Waals surface area contributed by atoms with E-state index >= 15 is 0 Å². The van der Waals surface area contributed by atoms with Gasteiger partial charge in [-0.1, -0.05) is 36.4 Å². The van der Waals surface area contributed by atoms with Crippen molar-refractivity contribution < 1.29 is 9.59 Å². The second-order valence-electron chi connectivity index (χ2n) is 6.68. The second kappa shape index (κ2) is 6.24. The molecule has 0 aromatic heterocycles. The fourth-order valence-corrected chi connectivity index (χ4v) is 3.85. The maximum absolute atomic E-state index is 12.6. The lowest BCUT2D eigenvalue weighted by Crippen LogP contribution is -2.49. The highest BCUT2D eigenvalue weighted by Gasteiger charge is 2.48. The molecule has 0 atom stereocenters.